The summed E-state index contributed by atoms with van der Waals surface area (Å²) in [4.78, 5) is 0. The van der Waals surface area contributed by atoms with Crippen molar-refractivity contribution in [2.75, 3.05) is 0 Å². The van der Waals surface area contributed by atoms with Crippen LogP contribution >= 0.6 is 0 Å². The monoisotopic (exact) mass is 853 g/mol. The molecule has 0 saturated carbocycles. The van der Waals surface area contributed by atoms with Crippen molar-refractivity contribution in [1.29, 1.82) is 0 Å². The van der Waals surface area contributed by atoms with E-state index in [4.69, 9.17) is 0 Å². The van der Waals surface area contributed by atoms with Gasteiger partial charge in [-0.05, 0) is 191 Å². The summed E-state index contributed by atoms with van der Waals surface area (Å²) in [7, 11) is 6.69. The van der Waals surface area contributed by atoms with Gasteiger partial charge in [0.05, 0.1) is 0 Å². The molecule has 0 amide bonds. The van der Waals surface area contributed by atoms with Crippen LogP contribution in [-0.4, -0.2) is 0 Å². The third-order valence-electron chi connectivity index (χ3n) is 14.6. The number of unbranched alkanes of at least 4 members (excludes halogenated alkanes) is 1. The first-order valence-corrected chi connectivity index (χ1v) is 23.9. The SMILES string of the molecule is CCc1ccc2ccc(-c3cc(CCc4cc(C)cc(-c5ccc6c(CCCCc7ccc8ccc(-c9cc(C)ccc9C)[n+](C)c8c7)cccc6[n+]5C)c4C)cc(C)c3C)[n+](C)c2c1. The molecule has 3 heteroatoms. The second-order valence-corrected chi connectivity index (χ2v) is 19.0. The summed E-state index contributed by atoms with van der Waals surface area (Å²) in [5, 5.41) is 3.93. The van der Waals surface area contributed by atoms with Crippen LogP contribution in [0.3, 0.4) is 0 Å². The fourth-order valence-corrected chi connectivity index (χ4v) is 10.5. The van der Waals surface area contributed by atoms with Gasteiger partial charge in [0.2, 0.25) is 33.6 Å². The van der Waals surface area contributed by atoms with Gasteiger partial charge in [0.1, 0.15) is 21.1 Å². The van der Waals surface area contributed by atoms with Gasteiger partial charge in [-0.25, -0.2) is 0 Å². The first-order valence-electron chi connectivity index (χ1n) is 23.9. The topological polar surface area (TPSA) is 11.6 Å². The highest BCUT2D eigenvalue weighted by Gasteiger charge is 2.22. The molecule has 9 aromatic rings. The number of aromatic nitrogens is 3. The van der Waals surface area contributed by atoms with Crippen LogP contribution in [0.4, 0.5) is 0 Å². The molecule has 0 N–H and O–H groups in total. The van der Waals surface area contributed by atoms with Crippen LogP contribution in [-0.2, 0) is 53.2 Å². The Bertz CT molecular complexity index is 3300. The molecule has 3 heterocycles. The third kappa shape index (κ3) is 8.62. The summed E-state index contributed by atoms with van der Waals surface area (Å²) < 4.78 is 7.19. The first-order chi connectivity index (χ1) is 31.4. The zero-order valence-corrected chi connectivity index (χ0v) is 40.5. The lowest BCUT2D eigenvalue weighted by molar-refractivity contribution is -0.633. The smallest absolute Gasteiger partial charge is 0.194 e. The maximum atomic E-state index is 2.45. The van der Waals surface area contributed by atoms with Crippen molar-refractivity contribution in [3.8, 4) is 33.8 Å². The average Bonchev–Trinajstić information content (AvgIpc) is 3.30. The minimum Gasteiger partial charge on any atom is -0.194 e. The van der Waals surface area contributed by atoms with Crippen LogP contribution < -0.4 is 13.7 Å². The van der Waals surface area contributed by atoms with Gasteiger partial charge in [-0.3, -0.25) is 0 Å². The number of hydrogen-bond acceptors (Lipinski definition) is 0. The Hall–Kier alpha value is -6.45. The maximum Gasteiger partial charge on any atom is 0.213 e. The molecule has 9 rings (SSSR count). The standard InChI is InChI=1S/C62H66N3/c1-11-46-21-24-50-28-31-59(65(10)61(50)38-46)56-37-48(36-43(5)44(56)6)23-26-52-33-41(3)35-55(45(52)7)60-32-29-53-49(17-14-18-57(53)63(60)8)16-13-12-15-47-22-25-51-27-30-58(64(9)62(51)39-47)54-34-40(2)19-20-42(54)4/h14,17-22,24-25,27-39H,11-13,15-16,23,26H2,1-10H3/q+3. The maximum absolute atomic E-state index is 2.45. The zero-order chi connectivity index (χ0) is 45.5. The number of benzene rings is 6. The van der Waals surface area contributed by atoms with Crippen LogP contribution in [0, 0.1) is 41.5 Å². The second-order valence-electron chi connectivity index (χ2n) is 19.0. The van der Waals surface area contributed by atoms with Gasteiger partial charge >= 0.3 is 0 Å². The molecule has 0 aliphatic rings. The van der Waals surface area contributed by atoms with Crippen LogP contribution in [0.25, 0.3) is 66.5 Å². The molecule has 0 aliphatic heterocycles. The van der Waals surface area contributed by atoms with Gasteiger partial charge in [0.25, 0.3) is 0 Å². The third-order valence-corrected chi connectivity index (χ3v) is 14.6. The lowest BCUT2D eigenvalue weighted by Gasteiger charge is -2.15. The van der Waals surface area contributed by atoms with Crippen molar-refractivity contribution >= 4 is 32.7 Å². The molecule has 65 heavy (non-hydrogen) atoms. The Morgan fingerprint density at radius 2 is 0.985 bits per heavy atom. The molecule has 3 aromatic heterocycles. The van der Waals surface area contributed by atoms with E-state index in [2.05, 4.69) is 217 Å². The second kappa shape index (κ2) is 18.2. The summed E-state index contributed by atoms with van der Waals surface area (Å²) in [5.74, 6) is 0. The highest BCUT2D eigenvalue weighted by molar-refractivity contribution is 5.82. The van der Waals surface area contributed by atoms with Gasteiger partial charge in [-0.15, -0.1) is 0 Å². The van der Waals surface area contributed by atoms with Crippen molar-refractivity contribution in [3.05, 3.63) is 195 Å². The molecule has 0 aliphatic carbocycles. The van der Waals surface area contributed by atoms with Gasteiger partial charge in [-0.1, -0.05) is 61.0 Å². The minimum atomic E-state index is 0.996. The van der Waals surface area contributed by atoms with Crippen molar-refractivity contribution in [2.45, 2.75) is 93.4 Å². The van der Waals surface area contributed by atoms with Gasteiger partial charge < -0.3 is 0 Å². The number of hydrogen-bond donors (Lipinski definition) is 0. The summed E-state index contributed by atoms with van der Waals surface area (Å²) in [6.07, 6.45) is 7.49. The van der Waals surface area contributed by atoms with E-state index in [9.17, 15) is 0 Å². The van der Waals surface area contributed by atoms with E-state index in [1.807, 2.05) is 0 Å². The molecular formula is C62H66N3+3. The summed E-state index contributed by atoms with van der Waals surface area (Å²) in [6, 6.07) is 51.1. The Kier molecular flexibility index (Phi) is 12.3. The fourth-order valence-electron chi connectivity index (χ4n) is 10.5. The van der Waals surface area contributed by atoms with Crippen LogP contribution in [0.2, 0.25) is 0 Å². The van der Waals surface area contributed by atoms with E-state index in [1.165, 1.54) is 128 Å². The molecule has 0 bridgehead atoms. The molecule has 0 radical (unpaired) electrons. The molecule has 0 unspecified atom stereocenters. The van der Waals surface area contributed by atoms with E-state index in [0.29, 0.717) is 0 Å². The Morgan fingerprint density at radius 1 is 0.385 bits per heavy atom. The van der Waals surface area contributed by atoms with E-state index < -0.39 is 0 Å². The van der Waals surface area contributed by atoms with Crippen LogP contribution in [0.5, 0.6) is 0 Å². The predicted octanol–water partition coefficient (Wildman–Crippen LogP) is 13.4. The van der Waals surface area contributed by atoms with Crippen molar-refractivity contribution in [2.24, 2.45) is 21.1 Å². The zero-order valence-electron chi connectivity index (χ0n) is 40.5. The number of rotatable bonds is 12. The summed E-state index contributed by atoms with van der Waals surface area (Å²) in [5.41, 5.74) is 26.7. The molecule has 0 fully saturated rings. The number of nitrogens with zero attached hydrogens (tertiary/aromatic N) is 3. The molecule has 6 aromatic carbocycles. The Balaban J connectivity index is 0.914. The fraction of sp³-hybridized carbons (Fsp3) is 0.274. The first kappa shape index (κ1) is 43.8. The van der Waals surface area contributed by atoms with Crippen molar-refractivity contribution < 1.29 is 13.7 Å². The number of aryl methyl sites for hydroxylation is 12. The highest BCUT2D eigenvalue weighted by atomic mass is 14.9. The van der Waals surface area contributed by atoms with Crippen molar-refractivity contribution in [1.82, 2.24) is 0 Å². The molecule has 0 saturated heterocycles. The quantitative estimate of drug-likeness (QED) is 0.0857. The van der Waals surface area contributed by atoms with E-state index >= 15 is 0 Å². The average molecular weight is 853 g/mol. The van der Waals surface area contributed by atoms with E-state index in [1.54, 1.807) is 0 Å². The normalized spacial score (nSPS) is 11.7. The largest absolute Gasteiger partial charge is 0.213 e. The number of pyridine rings is 3. The highest BCUT2D eigenvalue weighted by Crippen LogP contribution is 2.32. The van der Waals surface area contributed by atoms with Crippen LogP contribution in [0.1, 0.15) is 81.0 Å². The van der Waals surface area contributed by atoms with Gasteiger partial charge in [0, 0.05) is 69.2 Å². The van der Waals surface area contributed by atoms with E-state index in [0.717, 1.165) is 44.9 Å². The summed E-state index contributed by atoms with van der Waals surface area (Å²) >= 11 is 0. The van der Waals surface area contributed by atoms with Crippen LogP contribution in [0.15, 0.2) is 133 Å². The van der Waals surface area contributed by atoms with E-state index in [-0.39, 0.29) is 0 Å². The molecule has 0 atom stereocenters. The lowest BCUT2D eigenvalue weighted by Crippen LogP contribution is -2.32. The van der Waals surface area contributed by atoms with Crippen molar-refractivity contribution in [3.63, 3.8) is 0 Å². The summed E-state index contributed by atoms with van der Waals surface area (Å²) in [6.45, 7) is 15.8. The lowest BCUT2D eigenvalue weighted by atomic mass is 9.90. The minimum absolute atomic E-state index is 0.996. The molecule has 3 nitrogen and oxygen atoms in total. The number of fused-ring (bicyclic) bond motifs is 3. The Morgan fingerprint density at radius 3 is 1.71 bits per heavy atom. The molecular weight excluding hydrogens is 787 g/mol. The van der Waals surface area contributed by atoms with Gasteiger partial charge in [-0.2, -0.15) is 13.7 Å². The Labute approximate surface area is 387 Å². The molecule has 0 spiro atoms. The molecule has 326 valence electrons. The predicted molar refractivity (Wildman–Crippen MR) is 274 cm³/mol. The van der Waals surface area contributed by atoms with Gasteiger partial charge in [0.15, 0.2) is 0 Å².